The zero-order chi connectivity index (χ0) is 18.2. The summed E-state index contributed by atoms with van der Waals surface area (Å²) in [6.45, 7) is 5.58. The van der Waals surface area contributed by atoms with E-state index in [1.165, 1.54) is 10.9 Å². The topological polar surface area (TPSA) is 58.5 Å². The van der Waals surface area contributed by atoms with Crippen molar-refractivity contribution >= 4 is 17.3 Å². The van der Waals surface area contributed by atoms with Crippen molar-refractivity contribution in [3.8, 4) is 5.75 Å². The van der Waals surface area contributed by atoms with Crippen LogP contribution in [0.3, 0.4) is 0 Å². The number of hydrogen-bond acceptors (Lipinski definition) is 4. The predicted molar refractivity (Wildman–Crippen MR) is 96.5 cm³/mol. The Morgan fingerprint density at radius 1 is 1.20 bits per heavy atom. The molecule has 136 valence electrons. The smallest absolute Gasteiger partial charge is 0.191 e. The van der Waals surface area contributed by atoms with Crippen molar-refractivity contribution in [2.75, 3.05) is 26.7 Å². The minimum absolute atomic E-state index is 0.290. The summed E-state index contributed by atoms with van der Waals surface area (Å²) in [6.07, 6.45) is 0.825. The number of thiazole rings is 1. The molecule has 0 saturated heterocycles. The quantitative estimate of drug-likeness (QED) is 0.448. The van der Waals surface area contributed by atoms with Crippen LogP contribution in [0.25, 0.3) is 0 Å². The third-order valence-electron chi connectivity index (χ3n) is 3.48. The molecule has 2 rings (SSSR count). The lowest BCUT2D eigenvalue weighted by molar-refractivity contribution is 0.318. The fourth-order valence-corrected chi connectivity index (χ4v) is 2.99. The highest BCUT2D eigenvalue weighted by Crippen LogP contribution is 2.16. The molecule has 0 radical (unpaired) electrons. The van der Waals surface area contributed by atoms with Crippen molar-refractivity contribution < 1.29 is 13.5 Å². The van der Waals surface area contributed by atoms with Gasteiger partial charge in [-0.1, -0.05) is 0 Å². The molecule has 0 fully saturated rings. The fourth-order valence-electron chi connectivity index (χ4n) is 2.06. The number of aliphatic imine (C=N–C) groups is 1. The van der Waals surface area contributed by atoms with E-state index in [0.29, 0.717) is 19.1 Å². The Labute approximate surface area is 150 Å². The maximum atomic E-state index is 13.1. The molecule has 1 heterocycles. The minimum atomic E-state index is -0.921. The first-order valence-corrected chi connectivity index (χ1v) is 8.76. The van der Waals surface area contributed by atoms with Gasteiger partial charge in [0.1, 0.15) is 12.4 Å². The van der Waals surface area contributed by atoms with Gasteiger partial charge in [-0.25, -0.2) is 13.8 Å². The Morgan fingerprint density at radius 2 is 1.96 bits per heavy atom. The van der Waals surface area contributed by atoms with Crippen molar-refractivity contribution in [3.63, 3.8) is 0 Å². The summed E-state index contributed by atoms with van der Waals surface area (Å²) in [5.74, 6) is -0.867. The maximum Gasteiger partial charge on any atom is 0.191 e. The molecule has 0 spiro atoms. The third kappa shape index (κ3) is 5.97. The van der Waals surface area contributed by atoms with Gasteiger partial charge in [0.15, 0.2) is 17.6 Å². The monoisotopic (exact) mass is 368 g/mol. The number of aromatic nitrogens is 1. The lowest BCUT2D eigenvalue weighted by atomic mass is 10.3. The molecular formula is C17H22F2N4OS. The molecule has 2 N–H and O–H groups in total. The second kappa shape index (κ2) is 9.31. The summed E-state index contributed by atoms with van der Waals surface area (Å²) in [5, 5.41) is 7.40. The largest absolute Gasteiger partial charge is 0.492 e. The first-order chi connectivity index (χ1) is 12.0. The number of ether oxygens (including phenoxy) is 1. The molecule has 5 nitrogen and oxygen atoms in total. The molecule has 0 unspecified atom stereocenters. The summed E-state index contributed by atoms with van der Waals surface area (Å²) >= 11 is 1.71. The average molecular weight is 368 g/mol. The molecule has 2 aromatic rings. The van der Waals surface area contributed by atoms with Crippen molar-refractivity contribution in [1.29, 1.82) is 0 Å². The van der Waals surface area contributed by atoms with Gasteiger partial charge in [-0.3, -0.25) is 4.99 Å². The molecule has 0 bridgehead atoms. The molecule has 1 aromatic carbocycles. The van der Waals surface area contributed by atoms with Gasteiger partial charge in [-0.05, 0) is 26.0 Å². The SMILES string of the molecule is CN=C(NCCOc1ccc(F)c(F)c1)NCCc1nc(C)c(C)s1. The Hall–Kier alpha value is -2.22. The number of nitrogens with one attached hydrogen (secondary N) is 2. The van der Waals surface area contributed by atoms with Crippen LogP contribution in [0.5, 0.6) is 5.75 Å². The number of guanidine groups is 1. The van der Waals surface area contributed by atoms with E-state index in [9.17, 15) is 8.78 Å². The Bertz CT molecular complexity index is 714. The van der Waals surface area contributed by atoms with E-state index >= 15 is 0 Å². The third-order valence-corrected chi connectivity index (χ3v) is 4.61. The average Bonchev–Trinajstić information content (AvgIpc) is 2.91. The molecule has 1 aromatic heterocycles. The first kappa shape index (κ1) is 19.1. The first-order valence-electron chi connectivity index (χ1n) is 7.95. The molecule has 0 aliphatic carbocycles. The van der Waals surface area contributed by atoms with Gasteiger partial charge in [0, 0.05) is 31.0 Å². The molecular weight excluding hydrogens is 346 g/mol. The molecule has 0 atom stereocenters. The summed E-state index contributed by atoms with van der Waals surface area (Å²) in [7, 11) is 1.68. The van der Waals surface area contributed by atoms with Crippen LogP contribution in [0.4, 0.5) is 8.78 Å². The summed E-state index contributed by atoms with van der Waals surface area (Å²) in [4.78, 5) is 9.86. The normalized spacial score (nSPS) is 11.5. The molecule has 0 aliphatic heterocycles. The Kier molecular flexibility index (Phi) is 7.12. The molecule has 0 aliphatic rings. The highest BCUT2D eigenvalue weighted by atomic mass is 32.1. The molecule has 0 amide bonds. The van der Waals surface area contributed by atoms with Crippen molar-refractivity contribution in [2.24, 2.45) is 4.99 Å². The Balaban J connectivity index is 1.67. The van der Waals surface area contributed by atoms with E-state index in [1.54, 1.807) is 18.4 Å². The summed E-state index contributed by atoms with van der Waals surface area (Å²) in [6, 6.07) is 3.46. The van der Waals surface area contributed by atoms with E-state index < -0.39 is 11.6 Å². The number of hydrogen-bond donors (Lipinski definition) is 2. The van der Waals surface area contributed by atoms with Crippen LogP contribution >= 0.6 is 11.3 Å². The van der Waals surface area contributed by atoms with Gasteiger partial charge >= 0.3 is 0 Å². The van der Waals surface area contributed by atoms with Crippen LogP contribution in [-0.4, -0.2) is 37.7 Å². The van der Waals surface area contributed by atoms with Crippen LogP contribution < -0.4 is 15.4 Å². The van der Waals surface area contributed by atoms with Crippen LogP contribution in [0.2, 0.25) is 0 Å². The summed E-state index contributed by atoms with van der Waals surface area (Å²) < 4.78 is 31.3. The number of nitrogens with zero attached hydrogens (tertiary/aromatic N) is 2. The zero-order valence-electron chi connectivity index (χ0n) is 14.5. The van der Waals surface area contributed by atoms with Crippen molar-refractivity contribution in [1.82, 2.24) is 15.6 Å². The van der Waals surface area contributed by atoms with Crippen molar-refractivity contribution in [2.45, 2.75) is 20.3 Å². The lowest BCUT2D eigenvalue weighted by Crippen LogP contribution is -2.40. The van der Waals surface area contributed by atoms with E-state index in [1.807, 2.05) is 6.92 Å². The van der Waals surface area contributed by atoms with E-state index in [-0.39, 0.29) is 5.75 Å². The van der Waals surface area contributed by atoms with Crippen molar-refractivity contribution in [3.05, 3.63) is 45.4 Å². The zero-order valence-corrected chi connectivity index (χ0v) is 15.3. The Morgan fingerprint density at radius 3 is 2.60 bits per heavy atom. The predicted octanol–water partition coefficient (Wildman–Crippen LogP) is 2.82. The van der Waals surface area contributed by atoms with E-state index in [4.69, 9.17) is 4.74 Å². The number of rotatable bonds is 7. The number of aryl methyl sites for hydroxylation is 2. The fraction of sp³-hybridized carbons (Fsp3) is 0.412. The summed E-state index contributed by atoms with van der Waals surface area (Å²) in [5.41, 5.74) is 1.08. The van der Waals surface area contributed by atoms with Gasteiger partial charge in [0.2, 0.25) is 0 Å². The van der Waals surface area contributed by atoms with Gasteiger partial charge in [0.05, 0.1) is 17.2 Å². The van der Waals surface area contributed by atoms with Crippen LogP contribution in [0.1, 0.15) is 15.6 Å². The highest BCUT2D eigenvalue weighted by molar-refractivity contribution is 7.11. The maximum absolute atomic E-state index is 13.1. The molecule has 25 heavy (non-hydrogen) atoms. The van der Waals surface area contributed by atoms with E-state index in [2.05, 4.69) is 27.5 Å². The highest BCUT2D eigenvalue weighted by Gasteiger charge is 2.05. The van der Waals surface area contributed by atoms with Gasteiger partial charge in [-0.2, -0.15) is 0 Å². The van der Waals surface area contributed by atoms with Crippen LogP contribution in [0.15, 0.2) is 23.2 Å². The molecule has 8 heteroatoms. The number of halogens is 2. The van der Waals surface area contributed by atoms with Crippen LogP contribution in [-0.2, 0) is 6.42 Å². The second-order valence-corrected chi connectivity index (χ2v) is 6.64. The van der Waals surface area contributed by atoms with Gasteiger partial charge < -0.3 is 15.4 Å². The molecule has 0 saturated carbocycles. The second-order valence-electron chi connectivity index (χ2n) is 5.35. The minimum Gasteiger partial charge on any atom is -0.492 e. The van der Waals surface area contributed by atoms with Gasteiger partial charge in [0.25, 0.3) is 0 Å². The van der Waals surface area contributed by atoms with E-state index in [0.717, 1.165) is 35.8 Å². The number of benzene rings is 1. The lowest BCUT2D eigenvalue weighted by Gasteiger charge is -2.12. The van der Waals surface area contributed by atoms with Crippen LogP contribution in [0, 0.1) is 25.5 Å². The standard InChI is InChI=1S/C17H22F2N4OS/c1-11-12(2)25-16(23-11)6-7-21-17(20-3)22-8-9-24-13-4-5-14(18)15(19)10-13/h4-5,10H,6-9H2,1-3H3,(H2,20,21,22). The van der Waals surface area contributed by atoms with Gasteiger partial charge in [-0.15, -0.1) is 11.3 Å².